The number of hydrogen-bond acceptors (Lipinski definition) is 6. The lowest BCUT2D eigenvalue weighted by atomic mass is 10.1. The third-order valence-electron chi connectivity index (χ3n) is 2.60. The van der Waals surface area contributed by atoms with Crippen LogP contribution in [0.15, 0.2) is 18.2 Å². The predicted molar refractivity (Wildman–Crippen MR) is 72.1 cm³/mol. The number of anilines is 1. The van der Waals surface area contributed by atoms with Crippen LogP contribution in [0.2, 0.25) is 0 Å². The normalized spacial score (nSPS) is 11.9. The molecule has 20 heavy (non-hydrogen) atoms. The van der Waals surface area contributed by atoms with E-state index < -0.39 is 0 Å². The fraction of sp³-hybridized carbons (Fsp3) is 0.333. The van der Waals surface area contributed by atoms with Crippen molar-refractivity contribution in [3.63, 3.8) is 0 Å². The van der Waals surface area contributed by atoms with Crippen molar-refractivity contribution in [1.29, 1.82) is 0 Å². The molecule has 4 N–H and O–H groups in total. The summed E-state index contributed by atoms with van der Waals surface area (Å²) in [6, 6.07) is 4.53. The number of nitrogens with zero attached hydrogens (tertiary/aromatic N) is 3. The Morgan fingerprint density at radius 2 is 2.30 bits per heavy atom. The van der Waals surface area contributed by atoms with Crippen LogP contribution in [0.3, 0.4) is 0 Å². The van der Waals surface area contributed by atoms with E-state index in [0.29, 0.717) is 29.4 Å². The third kappa shape index (κ3) is 3.22. The van der Waals surface area contributed by atoms with Gasteiger partial charge in [0, 0.05) is 17.3 Å². The molecule has 1 aromatic heterocycles. The van der Waals surface area contributed by atoms with Gasteiger partial charge in [0.2, 0.25) is 0 Å². The van der Waals surface area contributed by atoms with E-state index in [1.54, 1.807) is 25.1 Å². The van der Waals surface area contributed by atoms with Crippen LogP contribution in [-0.4, -0.2) is 33.1 Å². The highest BCUT2D eigenvalue weighted by Crippen LogP contribution is 2.19. The molecule has 0 fully saturated rings. The van der Waals surface area contributed by atoms with Gasteiger partial charge in [-0.3, -0.25) is 4.79 Å². The molecule has 1 amide bonds. The van der Waals surface area contributed by atoms with Gasteiger partial charge >= 0.3 is 0 Å². The molecule has 1 unspecified atom stereocenters. The molecule has 2 rings (SSSR count). The van der Waals surface area contributed by atoms with Crippen molar-refractivity contribution in [2.75, 3.05) is 12.3 Å². The number of carbonyl (C=O) groups excluding carboxylic acids is 1. The minimum Gasteiger partial charge on any atom is -0.494 e. The Labute approximate surface area is 115 Å². The van der Waals surface area contributed by atoms with Gasteiger partial charge in [-0.15, -0.1) is 10.2 Å². The molecule has 0 aliphatic rings. The van der Waals surface area contributed by atoms with Crippen LogP contribution in [0.4, 0.5) is 5.69 Å². The average molecular weight is 276 g/mol. The molecular formula is C12H16N6O2. The molecule has 0 aliphatic heterocycles. The van der Waals surface area contributed by atoms with Crippen molar-refractivity contribution in [2.45, 2.75) is 19.9 Å². The Hall–Kier alpha value is -2.64. The van der Waals surface area contributed by atoms with E-state index in [1.165, 1.54) is 0 Å². The first-order valence-electron chi connectivity index (χ1n) is 6.17. The summed E-state index contributed by atoms with van der Waals surface area (Å²) in [6.07, 6.45) is 0. The first-order valence-corrected chi connectivity index (χ1v) is 6.17. The molecular weight excluding hydrogens is 260 g/mol. The number of H-pyrrole nitrogens is 1. The second kappa shape index (κ2) is 6.00. The number of hydrogen-bond donors (Lipinski definition) is 3. The van der Waals surface area contributed by atoms with Crippen LogP contribution in [-0.2, 0) is 0 Å². The summed E-state index contributed by atoms with van der Waals surface area (Å²) >= 11 is 0. The fourth-order valence-corrected chi connectivity index (χ4v) is 1.70. The number of rotatable bonds is 5. The van der Waals surface area contributed by atoms with Gasteiger partial charge in [-0.05, 0) is 26.0 Å². The molecule has 1 aromatic carbocycles. The zero-order valence-corrected chi connectivity index (χ0v) is 11.3. The molecule has 0 saturated heterocycles. The van der Waals surface area contributed by atoms with Gasteiger partial charge in [0.15, 0.2) is 5.82 Å². The second-order valence-electron chi connectivity index (χ2n) is 4.19. The van der Waals surface area contributed by atoms with Crippen LogP contribution in [0.1, 0.15) is 36.1 Å². The SMILES string of the molecule is CCOc1cc(N)cc(C(=O)NC(C)c2nn[nH]n2)c1. The molecule has 1 atom stereocenters. The van der Waals surface area contributed by atoms with Crippen LogP contribution in [0.5, 0.6) is 5.75 Å². The van der Waals surface area contributed by atoms with Crippen molar-refractivity contribution in [2.24, 2.45) is 0 Å². The summed E-state index contributed by atoms with van der Waals surface area (Å²) in [7, 11) is 0. The number of ether oxygens (including phenoxy) is 1. The number of benzene rings is 1. The number of nitrogen functional groups attached to an aromatic ring is 1. The quantitative estimate of drug-likeness (QED) is 0.691. The van der Waals surface area contributed by atoms with Crippen molar-refractivity contribution < 1.29 is 9.53 Å². The summed E-state index contributed by atoms with van der Waals surface area (Å²) in [5.41, 5.74) is 6.64. The number of nitrogens with one attached hydrogen (secondary N) is 2. The molecule has 0 bridgehead atoms. The number of aromatic nitrogens is 4. The van der Waals surface area contributed by atoms with Crippen molar-refractivity contribution >= 4 is 11.6 Å². The summed E-state index contributed by atoms with van der Waals surface area (Å²) in [5, 5.41) is 16.2. The van der Waals surface area contributed by atoms with Gasteiger partial charge in [0.25, 0.3) is 5.91 Å². The van der Waals surface area contributed by atoms with Gasteiger partial charge < -0.3 is 15.8 Å². The number of amides is 1. The highest BCUT2D eigenvalue weighted by atomic mass is 16.5. The van der Waals surface area contributed by atoms with Gasteiger partial charge in [-0.2, -0.15) is 5.21 Å². The van der Waals surface area contributed by atoms with E-state index in [4.69, 9.17) is 10.5 Å². The zero-order valence-electron chi connectivity index (χ0n) is 11.3. The molecule has 8 heteroatoms. The first-order chi connectivity index (χ1) is 9.60. The maximum atomic E-state index is 12.2. The van der Waals surface area contributed by atoms with Crippen LogP contribution in [0, 0.1) is 0 Å². The Balaban J connectivity index is 2.12. The topological polar surface area (TPSA) is 119 Å². The minimum absolute atomic E-state index is 0.282. The molecule has 0 radical (unpaired) electrons. The smallest absolute Gasteiger partial charge is 0.252 e. The van der Waals surface area contributed by atoms with Gasteiger partial charge in [-0.1, -0.05) is 5.21 Å². The second-order valence-corrected chi connectivity index (χ2v) is 4.19. The molecule has 8 nitrogen and oxygen atoms in total. The van der Waals surface area contributed by atoms with Gasteiger partial charge in [0.05, 0.1) is 12.6 Å². The molecule has 0 aliphatic carbocycles. The molecule has 2 aromatic rings. The summed E-state index contributed by atoms with van der Waals surface area (Å²) in [4.78, 5) is 12.2. The Morgan fingerprint density at radius 3 is 2.95 bits per heavy atom. The average Bonchev–Trinajstić information content (AvgIpc) is 2.92. The largest absolute Gasteiger partial charge is 0.494 e. The number of nitrogens with two attached hydrogens (primary N) is 1. The van der Waals surface area contributed by atoms with Crippen molar-refractivity contribution in [3.05, 3.63) is 29.6 Å². The minimum atomic E-state index is -0.363. The van der Waals surface area contributed by atoms with E-state index >= 15 is 0 Å². The lowest BCUT2D eigenvalue weighted by molar-refractivity contribution is 0.0938. The highest BCUT2D eigenvalue weighted by molar-refractivity contribution is 5.95. The summed E-state index contributed by atoms with van der Waals surface area (Å²) in [6.45, 7) is 4.13. The predicted octanol–water partition coefficient (Wildman–Crippen LogP) is 0.672. The van der Waals surface area contributed by atoms with Crippen LogP contribution in [0.25, 0.3) is 0 Å². The number of carbonyl (C=O) groups is 1. The van der Waals surface area contributed by atoms with E-state index in [2.05, 4.69) is 25.9 Å². The molecule has 0 saturated carbocycles. The van der Waals surface area contributed by atoms with Crippen molar-refractivity contribution in [1.82, 2.24) is 25.9 Å². The van der Waals surface area contributed by atoms with Gasteiger partial charge in [-0.25, -0.2) is 0 Å². The zero-order chi connectivity index (χ0) is 14.5. The summed E-state index contributed by atoms with van der Waals surface area (Å²) in [5.74, 6) is 0.688. The Kier molecular flexibility index (Phi) is 4.14. The molecule has 106 valence electrons. The standard InChI is InChI=1S/C12H16N6O2/c1-3-20-10-5-8(4-9(13)6-10)12(19)14-7(2)11-15-17-18-16-11/h4-7H,3,13H2,1-2H3,(H,14,19)(H,15,16,17,18). The highest BCUT2D eigenvalue weighted by Gasteiger charge is 2.15. The lowest BCUT2D eigenvalue weighted by Crippen LogP contribution is -2.27. The fourth-order valence-electron chi connectivity index (χ4n) is 1.70. The van der Waals surface area contributed by atoms with Crippen molar-refractivity contribution in [3.8, 4) is 5.75 Å². The molecule has 0 spiro atoms. The van der Waals surface area contributed by atoms with E-state index in [-0.39, 0.29) is 11.9 Å². The third-order valence-corrected chi connectivity index (χ3v) is 2.60. The number of aromatic amines is 1. The first kappa shape index (κ1) is 13.8. The van der Waals surface area contributed by atoms with E-state index in [1.807, 2.05) is 6.92 Å². The maximum absolute atomic E-state index is 12.2. The van der Waals surface area contributed by atoms with E-state index in [9.17, 15) is 4.79 Å². The van der Waals surface area contributed by atoms with Crippen LogP contribution < -0.4 is 15.8 Å². The number of tetrazole rings is 1. The Morgan fingerprint density at radius 1 is 1.50 bits per heavy atom. The molecule has 1 heterocycles. The monoisotopic (exact) mass is 276 g/mol. The maximum Gasteiger partial charge on any atom is 0.252 e. The summed E-state index contributed by atoms with van der Waals surface area (Å²) < 4.78 is 5.36. The Bertz CT molecular complexity index is 584. The van der Waals surface area contributed by atoms with Crippen LogP contribution >= 0.6 is 0 Å². The van der Waals surface area contributed by atoms with E-state index in [0.717, 1.165) is 0 Å². The van der Waals surface area contributed by atoms with Gasteiger partial charge in [0.1, 0.15) is 5.75 Å². The lowest BCUT2D eigenvalue weighted by Gasteiger charge is -2.12.